The first-order chi connectivity index (χ1) is 13.6. The van der Waals surface area contributed by atoms with Crippen molar-refractivity contribution in [3.8, 4) is 0 Å². The van der Waals surface area contributed by atoms with E-state index in [-0.39, 0.29) is 11.8 Å². The quantitative estimate of drug-likeness (QED) is 0.710. The van der Waals surface area contributed by atoms with Gasteiger partial charge in [-0.05, 0) is 51.2 Å². The van der Waals surface area contributed by atoms with Crippen LogP contribution in [0.5, 0.6) is 0 Å². The summed E-state index contributed by atoms with van der Waals surface area (Å²) in [6.07, 6.45) is 6.36. The zero-order chi connectivity index (χ0) is 19.9. The van der Waals surface area contributed by atoms with Crippen LogP contribution in [0.1, 0.15) is 58.2 Å². The number of nitrogens with one attached hydrogen (secondary N) is 1. The number of benzene rings is 1. The highest BCUT2D eigenvalue weighted by atomic mass is 16.2. The summed E-state index contributed by atoms with van der Waals surface area (Å²) in [4.78, 5) is 31.4. The second kappa shape index (κ2) is 9.71. The Balaban J connectivity index is 1.70. The normalized spacial score (nSPS) is 17.1. The Kier molecular flexibility index (Phi) is 7.06. The average molecular weight is 385 g/mol. The summed E-state index contributed by atoms with van der Waals surface area (Å²) in [5, 5.41) is 2.95. The van der Waals surface area contributed by atoms with Crippen molar-refractivity contribution in [2.75, 3.05) is 13.1 Å². The van der Waals surface area contributed by atoms with E-state index in [9.17, 15) is 9.59 Å². The maximum Gasteiger partial charge on any atom is 0.242 e. The van der Waals surface area contributed by atoms with Gasteiger partial charge in [-0.3, -0.25) is 9.59 Å². The number of aryl methyl sites for hydroxylation is 1. The van der Waals surface area contributed by atoms with Gasteiger partial charge < -0.3 is 14.8 Å². The van der Waals surface area contributed by atoms with E-state index in [0.717, 1.165) is 55.5 Å². The lowest BCUT2D eigenvalue weighted by Crippen LogP contribution is -2.43. The number of piperidine rings is 1. The SMILES string of the molecule is CCCC(=O)NCCCc1nc2ccccc2n1CC(=O)N1CCCCC1C. The van der Waals surface area contributed by atoms with Crippen LogP contribution in [0, 0.1) is 0 Å². The molecular formula is C22H32N4O2. The molecule has 1 aromatic carbocycles. The minimum atomic E-state index is 0.102. The molecule has 1 saturated heterocycles. The Morgan fingerprint density at radius 3 is 2.86 bits per heavy atom. The van der Waals surface area contributed by atoms with Gasteiger partial charge in [-0.1, -0.05) is 19.1 Å². The van der Waals surface area contributed by atoms with E-state index in [1.807, 2.05) is 36.1 Å². The Labute approximate surface area is 167 Å². The van der Waals surface area contributed by atoms with E-state index < -0.39 is 0 Å². The molecule has 0 radical (unpaired) electrons. The van der Waals surface area contributed by atoms with E-state index in [1.54, 1.807) is 0 Å². The number of hydrogen-bond donors (Lipinski definition) is 1. The molecule has 2 heterocycles. The van der Waals surface area contributed by atoms with Crippen LogP contribution in [0.2, 0.25) is 0 Å². The highest BCUT2D eigenvalue weighted by Crippen LogP contribution is 2.20. The summed E-state index contributed by atoms with van der Waals surface area (Å²) >= 11 is 0. The third kappa shape index (κ3) is 4.91. The molecule has 28 heavy (non-hydrogen) atoms. The minimum Gasteiger partial charge on any atom is -0.356 e. The number of fused-ring (bicyclic) bond motifs is 1. The zero-order valence-corrected chi connectivity index (χ0v) is 17.1. The molecule has 0 bridgehead atoms. The molecule has 1 unspecified atom stereocenters. The Hall–Kier alpha value is -2.37. The smallest absolute Gasteiger partial charge is 0.242 e. The van der Waals surface area contributed by atoms with Crippen LogP contribution in [-0.4, -0.2) is 45.4 Å². The van der Waals surface area contributed by atoms with Gasteiger partial charge >= 0.3 is 0 Å². The number of likely N-dealkylation sites (tertiary alicyclic amines) is 1. The van der Waals surface area contributed by atoms with Crippen LogP contribution in [0.25, 0.3) is 11.0 Å². The maximum atomic E-state index is 13.0. The fourth-order valence-electron chi connectivity index (χ4n) is 3.98. The summed E-state index contributed by atoms with van der Waals surface area (Å²) in [6, 6.07) is 8.30. The molecule has 2 amide bonds. The molecule has 2 aromatic rings. The van der Waals surface area contributed by atoms with Gasteiger partial charge in [0.25, 0.3) is 0 Å². The molecule has 1 aliphatic rings. The molecule has 0 aliphatic carbocycles. The lowest BCUT2D eigenvalue weighted by molar-refractivity contribution is -0.135. The van der Waals surface area contributed by atoms with Gasteiger partial charge in [0.15, 0.2) is 0 Å². The van der Waals surface area contributed by atoms with E-state index >= 15 is 0 Å². The van der Waals surface area contributed by atoms with Gasteiger partial charge in [-0.25, -0.2) is 4.98 Å². The van der Waals surface area contributed by atoms with Crippen LogP contribution in [0.4, 0.5) is 0 Å². The predicted octanol–water partition coefficient (Wildman–Crippen LogP) is 3.29. The molecule has 1 aliphatic heterocycles. The summed E-state index contributed by atoms with van der Waals surface area (Å²) in [5.74, 6) is 1.20. The summed E-state index contributed by atoms with van der Waals surface area (Å²) in [7, 11) is 0. The van der Waals surface area contributed by atoms with Crippen molar-refractivity contribution >= 4 is 22.8 Å². The van der Waals surface area contributed by atoms with Gasteiger partial charge in [0.2, 0.25) is 11.8 Å². The molecule has 1 fully saturated rings. The zero-order valence-electron chi connectivity index (χ0n) is 17.1. The van der Waals surface area contributed by atoms with Gasteiger partial charge in [0, 0.05) is 32.0 Å². The van der Waals surface area contributed by atoms with Crippen molar-refractivity contribution in [3.05, 3.63) is 30.1 Å². The molecule has 1 aromatic heterocycles. The highest BCUT2D eigenvalue weighted by molar-refractivity contribution is 5.81. The Morgan fingerprint density at radius 1 is 1.25 bits per heavy atom. The molecule has 6 heteroatoms. The van der Waals surface area contributed by atoms with Gasteiger partial charge in [-0.2, -0.15) is 0 Å². The van der Waals surface area contributed by atoms with Crippen LogP contribution >= 0.6 is 0 Å². The average Bonchev–Trinajstić information content (AvgIpc) is 3.03. The van der Waals surface area contributed by atoms with E-state index in [1.165, 1.54) is 6.42 Å². The van der Waals surface area contributed by atoms with E-state index in [4.69, 9.17) is 4.98 Å². The molecule has 6 nitrogen and oxygen atoms in total. The number of para-hydroxylation sites is 2. The van der Waals surface area contributed by atoms with Gasteiger partial charge in [0.05, 0.1) is 11.0 Å². The fourth-order valence-corrected chi connectivity index (χ4v) is 3.98. The number of imidazole rings is 1. The van der Waals surface area contributed by atoms with Crippen LogP contribution in [0.3, 0.4) is 0 Å². The van der Waals surface area contributed by atoms with Crippen molar-refractivity contribution < 1.29 is 9.59 Å². The molecule has 3 rings (SSSR count). The van der Waals surface area contributed by atoms with Gasteiger partial charge in [0.1, 0.15) is 12.4 Å². The molecule has 0 saturated carbocycles. The standard InChI is InChI=1S/C22H32N4O2/c1-3-9-21(27)23-14-8-13-20-24-18-11-4-5-12-19(18)26(20)16-22(28)25-15-7-6-10-17(25)2/h4-5,11-12,17H,3,6-10,13-16H2,1-2H3,(H,23,27). The molecule has 0 spiro atoms. The Bertz CT molecular complexity index is 814. The van der Waals surface area contributed by atoms with Gasteiger partial charge in [-0.15, -0.1) is 0 Å². The highest BCUT2D eigenvalue weighted by Gasteiger charge is 2.24. The van der Waals surface area contributed by atoms with Crippen LogP contribution in [-0.2, 0) is 22.6 Å². The Morgan fingerprint density at radius 2 is 2.07 bits per heavy atom. The summed E-state index contributed by atoms with van der Waals surface area (Å²) in [5.41, 5.74) is 1.93. The van der Waals surface area contributed by atoms with Crippen molar-refractivity contribution in [1.82, 2.24) is 19.8 Å². The number of rotatable bonds is 8. The first-order valence-electron chi connectivity index (χ1n) is 10.6. The summed E-state index contributed by atoms with van der Waals surface area (Å²) in [6.45, 7) is 5.97. The molecular weight excluding hydrogens is 352 g/mol. The molecule has 1 N–H and O–H groups in total. The number of hydrogen-bond acceptors (Lipinski definition) is 3. The maximum absolute atomic E-state index is 13.0. The third-order valence-electron chi connectivity index (χ3n) is 5.53. The van der Waals surface area contributed by atoms with Crippen molar-refractivity contribution in [2.24, 2.45) is 0 Å². The topological polar surface area (TPSA) is 67.2 Å². The predicted molar refractivity (Wildman–Crippen MR) is 111 cm³/mol. The third-order valence-corrected chi connectivity index (χ3v) is 5.53. The lowest BCUT2D eigenvalue weighted by atomic mass is 10.0. The first-order valence-corrected chi connectivity index (χ1v) is 10.6. The second-order valence-corrected chi connectivity index (χ2v) is 7.74. The first kappa shape index (κ1) is 20.4. The second-order valence-electron chi connectivity index (χ2n) is 7.74. The van der Waals surface area contributed by atoms with Crippen molar-refractivity contribution in [2.45, 2.75) is 71.4 Å². The fraction of sp³-hybridized carbons (Fsp3) is 0.591. The number of nitrogens with zero attached hydrogens (tertiary/aromatic N) is 3. The number of aromatic nitrogens is 2. The number of carbonyl (C=O) groups is 2. The van der Waals surface area contributed by atoms with Crippen LogP contribution < -0.4 is 5.32 Å². The largest absolute Gasteiger partial charge is 0.356 e. The summed E-state index contributed by atoms with van der Waals surface area (Å²) < 4.78 is 2.06. The number of amides is 2. The van der Waals surface area contributed by atoms with Crippen molar-refractivity contribution in [1.29, 1.82) is 0 Å². The monoisotopic (exact) mass is 384 g/mol. The van der Waals surface area contributed by atoms with Crippen LogP contribution in [0.15, 0.2) is 24.3 Å². The van der Waals surface area contributed by atoms with Crippen molar-refractivity contribution in [3.63, 3.8) is 0 Å². The van der Waals surface area contributed by atoms with E-state index in [2.05, 4.69) is 16.8 Å². The number of carbonyl (C=O) groups excluding carboxylic acids is 2. The lowest BCUT2D eigenvalue weighted by Gasteiger charge is -2.33. The van der Waals surface area contributed by atoms with E-state index in [0.29, 0.717) is 25.6 Å². The minimum absolute atomic E-state index is 0.102. The molecule has 152 valence electrons. The molecule has 1 atom stereocenters.